The zero-order chi connectivity index (χ0) is 13.9. The van der Waals surface area contributed by atoms with Crippen molar-refractivity contribution in [3.05, 3.63) is 30.3 Å². The van der Waals surface area contributed by atoms with Crippen LogP contribution in [-0.2, 0) is 0 Å². The van der Waals surface area contributed by atoms with Gasteiger partial charge in [-0.15, -0.1) is 0 Å². The van der Waals surface area contributed by atoms with Crippen molar-refractivity contribution in [2.75, 3.05) is 27.7 Å². The summed E-state index contributed by atoms with van der Waals surface area (Å²) in [5.41, 5.74) is 0.129. The highest BCUT2D eigenvalue weighted by Gasteiger charge is 2.40. The molecule has 0 aliphatic heterocycles. The number of carbonyl (C=O) groups excluding carboxylic acids is 1. The zero-order valence-corrected chi connectivity index (χ0v) is 11.9. The van der Waals surface area contributed by atoms with Gasteiger partial charge in [-0.05, 0) is 45.5 Å². The van der Waals surface area contributed by atoms with Crippen molar-refractivity contribution in [2.24, 2.45) is 0 Å². The standard InChI is InChI=1S/C15H22N2O2/c1-16(2)15(10-7-11-15)12-17(3)14(18)19-13-8-5-4-6-9-13/h4-6,8-9H,7,10-12H2,1-3H3. The number of para-hydroxylation sites is 1. The summed E-state index contributed by atoms with van der Waals surface area (Å²) in [5, 5.41) is 0. The van der Waals surface area contributed by atoms with Crippen LogP contribution in [0.5, 0.6) is 5.75 Å². The molecule has 0 N–H and O–H groups in total. The predicted octanol–water partition coefficient (Wildman–Crippen LogP) is 2.60. The van der Waals surface area contributed by atoms with Crippen LogP contribution in [0.3, 0.4) is 0 Å². The monoisotopic (exact) mass is 262 g/mol. The van der Waals surface area contributed by atoms with Crippen molar-refractivity contribution in [1.82, 2.24) is 9.80 Å². The summed E-state index contributed by atoms with van der Waals surface area (Å²) in [4.78, 5) is 15.9. The molecule has 0 radical (unpaired) electrons. The van der Waals surface area contributed by atoms with Crippen molar-refractivity contribution < 1.29 is 9.53 Å². The summed E-state index contributed by atoms with van der Waals surface area (Å²) in [7, 11) is 5.96. The minimum Gasteiger partial charge on any atom is -0.410 e. The summed E-state index contributed by atoms with van der Waals surface area (Å²) < 4.78 is 5.34. The normalized spacial score (nSPS) is 16.8. The molecule has 0 unspecified atom stereocenters. The van der Waals surface area contributed by atoms with Crippen LogP contribution in [0.25, 0.3) is 0 Å². The van der Waals surface area contributed by atoms with Gasteiger partial charge in [-0.2, -0.15) is 0 Å². The molecule has 104 valence electrons. The lowest BCUT2D eigenvalue weighted by Gasteiger charge is -2.48. The number of rotatable bonds is 4. The first-order valence-electron chi connectivity index (χ1n) is 6.69. The second-order valence-electron chi connectivity index (χ2n) is 5.51. The molecule has 0 bridgehead atoms. The van der Waals surface area contributed by atoms with Crippen molar-refractivity contribution in [2.45, 2.75) is 24.8 Å². The Kier molecular flexibility index (Phi) is 4.10. The summed E-state index contributed by atoms with van der Waals surface area (Å²) in [5.74, 6) is 0.590. The molecular weight excluding hydrogens is 240 g/mol. The summed E-state index contributed by atoms with van der Waals surface area (Å²) in [6, 6.07) is 9.19. The Morgan fingerprint density at radius 2 is 1.84 bits per heavy atom. The van der Waals surface area contributed by atoms with E-state index in [0.717, 1.165) is 12.8 Å². The van der Waals surface area contributed by atoms with E-state index in [1.807, 2.05) is 18.2 Å². The van der Waals surface area contributed by atoms with Gasteiger partial charge in [0, 0.05) is 19.1 Å². The molecule has 4 heteroatoms. The smallest absolute Gasteiger partial charge is 0.410 e. The Morgan fingerprint density at radius 1 is 1.21 bits per heavy atom. The van der Waals surface area contributed by atoms with Crippen molar-refractivity contribution >= 4 is 6.09 Å². The Morgan fingerprint density at radius 3 is 2.32 bits per heavy atom. The fraction of sp³-hybridized carbons (Fsp3) is 0.533. The lowest BCUT2D eigenvalue weighted by molar-refractivity contribution is 0.0306. The molecular formula is C15H22N2O2. The van der Waals surface area contributed by atoms with Crippen LogP contribution in [0.15, 0.2) is 30.3 Å². The Bertz CT molecular complexity index is 427. The first-order chi connectivity index (χ1) is 9.03. The molecule has 1 fully saturated rings. The lowest BCUT2D eigenvalue weighted by Crippen LogP contribution is -2.57. The highest BCUT2D eigenvalue weighted by molar-refractivity contribution is 5.70. The number of benzene rings is 1. The number of hydrogen-bond donors (Lipinski definition) is 0. The third-order valence-corrected chi connectivity index (χ3v) is 4.02. The number of hydrogen-bond acceptors (Lipinski definition) is 3. The minimum atomic E-state index is -0.292. The molecule has 1 aromatic carbocycles. The third kappa shape index (κ3) is 3.07. The Balaban J connectivity index is 1.92. The van der Waals surface area contributed by atoms with Gasteiger partial charge in [0.15, 0.2) is 0 Å². The SMILES string of the molecule is CN(CC1(N(C)C)CCC1)C(=O)Oc1ccccc1. The van der Waals surface area contributed by atoms with E-state index >= 15 is 0 Å². The Labute approximate surface area is 115 Å². The second kappa shape index (κ2) is 5.61. The van der Waals surface area contributed by atoms with Crippen molar-refractivity contribution in [3.8, 4) is 5.75 Å². The average molecular weight is 262 g/mol. The van der Waals surface area contributed by atoms with E-state index < -0.39 is 0 Å². The van der Waals surface area contributed by atoms with E-state index in [-0.39, 0.29) is 11.6 Å². The maximum Gasteiger partial charge on any atom is 0.415 e. The molecule has 0 spiro atoms. The molecule has 0 heterocycles. The summed E-state index contributed by atoms with van der Waals surface area (Å²) >= 11 is 0. The van der Waals surface area contributed by atoms with Crippen molar-refractivity contribution in [1.29, 1.82) is 0 Å². The van der Waals surface area contributed by atoms with Gasteiger partial charge in [-0.3, -0.25) is 0 Å². The summed E-state index contributed by atoms with van der Waals surface area (Å²) in [6.45, 7) is 0.714. The van der Waals surface area contributed by atoms with Gasteiger partial charge >= 0.3 is 6.09 Å². The molecule has 1 amide bonds. The molecule has 2 rings (SSSR count). The molecule has 0 aromatic heterocycles. The van der Waals surface area contributed by atoms with E-state index in [2.05, 4.69) is 19.0 Å². The number of carbonyl (C=O) groups is 1. The highest BCUT2D eigenvalue weighted by atomic mass is 16.6. The lowest BCUT2D eigenvalue weighted by atomic mass is 9.75. The molecule has 1 aromatic rings. The summed E-state index contributed by atoms with van der Waals surface area (Å²) in [6.07, 6.45) is 3.23. The zero-order valence-electron chi connectivity index (χ0n) is 11.9. The topological polar surface area (TPSA) is 32.8 Å². The number of likely N-dealkylation sites (N-methyl/N-ethyl adjacent to an activating group) is 2. The predicted molar refractivity (Wildman–Crippen MR) is 75.4 cm³/mol. The maximum atomic E-state index is 12.0. The van der Waals surface area contributed by atoms with Gasteiger partial charge in [0.25, 0.3) is 0 Å². The average Bonchev–Trinajstić information content (AvgIpc) is 2.34. The van der Waals surface area contributed by atoms with Crippen LogP contribution in [0.1, 0.15) is 19.3 Å². The van der Waals surface area contributed by atoms with E-state index in [1.54, 1.807) is 24.1 Å². The van der Waals surface area contributed by atoms with Crippen LogP contribution in [0.4, 0.5) is 4.79 Å². The van der Waals surface area contributed by atoms with E-state index in [9.17, 15) is 4.79 Å². The first kappa shape index (κ1) is 13.9. The van der Waals surface area contributed by atoms with Crippen molar-refractivity contribution in [3.63, 3.8) is 0 Å². The fourth-order valence-corrected chi connectivity index (χ4v) is 2.50. The quantitative estimate of drug-likeness (QED) is 0.836. The van der Waals surface area contributed by atoms with Gasteiger partial charge in [0.05, 0.1) is 0 Å². The van der Waals surface area contributed by atoms with Gasteiger partial charge in [-0.1, -0.05) is 18.2 Å². The Hall–Kier alpha value is -1.55. The van der Waals surface area contributed by atoms with Gasteiger partial charge in [-0.25, -0.2) is 4.79 Å². The van der Waals surface area contributed by atoms with Gasteiger partial charge in [0.1, 0.15) is 5.75 Å². The molecule has 19 heavy (non-hydrogen) atoms. The van der Waals surface area contributed by atoms with Crippen LogP contribution < -0.4 is 4.74 Å². The maximum absolute atomic E-state index is 12.0. The molecule has 0 atom stereocenters. The second-order valence-corrected chi connectivity index (χ2v) is 5.51. The van der Waals surface area contributed by atoms with Crippen LogP contribution in [0.2, 0.25) is 0 Å². The van der Waals surface area contributed by atoms with Crippen LogP contribution >= 0.6 is 0 Å². The van der Waals surface area contributed by atoms with Gasteiger partial charge < -0.3 is 14.5 Å². The number of nitrogens with zero attached hydrogens (tertiary/aromatic N) is 2. The highest BCUT2D eigenvalue weighted by Crippen LogP contribution is 2.36. The molecule has 4 nitrogen and oxygen atoms in total. The minimum absolute atomic E-state index is 0.129. The van der Waals surface area contributed by atoms with Gasteiger partial charge in [0.2, 0.25) is 0 Å². The molecule has 1 saturated carbocycles. The van der Waals surface area contributed by atoms with E-state index in [4.69, 9.17) is 4.74 Å². The number of ether oxygens (including phenoxy) is 1. The van der Waals surface area contributed by atoms with Crippen LogP contribution in [0, 0.1) is 0 Å². The van der Waals surface area contributed by atoms with E-state index in [1.165, 1.54) is 6.42 Å². The fourth-order valence-electron chi connectivity index (χ4n) is 2.50. The number of amides is 1. The third-order valence-electron chi connectivity index (χ3n) is 4.02. The molecule has 0 saturated heterocycles. The molecule has 1 aliphatic carbocycles. The van der Waals surface area contributed by atoms with E-state index in [0.29, 0.717) is 12.3 Å². The first-order valence-corrected chi connectivity index (χ1v) is 6.69. The molecule has 1 aliphatic rings. The van der Waals surface area contributed by atoms with Crippen LogP contribution in [-0.4, -0.2) is 49.1 Å². The largest absolute Gasteiger partial charge is 0.415 e.